The molecule has 35 heavy (non-hydrogen) atoms. The Morgan fingerprint density at radius 3 is 2.60 bits per heavy atom. The molecule has 1 aliphatic carbocycles. The smallest absolute Gasteiger partial charge is 0.311 e. The van der Waals surface area contributed by atoms with Gasteiger partial charge in [-0.1, -0.05) is 47.3 Å². The number of nitro groups is 1. The van der Waals surface area contributed by atoms with Crippen LogP contribution in [0.1, 0.15) is 44.6 Å². The number of nitro benzene ring substituents is 1. The topological polar surface area (TPSA) is 111 Å². The summed E-state index contributed by atoms with van der Waals surface area (Å²) in [6.07, 6.45) is 5.26. The molecule has 1 atom stereocenters. The Hall–Kier alpha value is -3.14. The molecule has 0 aliphatic heterocycles. The predicted octanol–water partition coefficient (Wildman–Crippen LogP) is 4.61. The van der Waals surface area contributed by atoms with Crippen molar-refractivity contribution in [3.05, 3.63) is 62.6 Å². The lowest BCUT2D eigenvalue weighted by atomic mass is 9.95. The van der Waals surface area contributed by atoms with Crippen molar-refractivity contribution < 1.29 is 24.0 Å². The van der Waals surface area contributed by atoms with E-state index in [1.807, 2.05) is 24.3 Å². The van der Waals surface area contributed by atoms with Gasteiger partial charge in [0.2, 0.25) is 11.7 Å². The van der Waals surface area contributed by atoms with E-state index >= 15 is 0 Å². The predicted molar refractivity (Wildman–Crippen MR) is 134 cm³/mol. The molecule has 1 N–H and O–H groups in total. The van der Waals surface area contributed by atoms with Crippen LogP contribution in [0.3, 0.4) is 0 Å². The Bertz CT molecular complexity index is 1060. The Balaban J connectivity index is 1.73. The number of rotatable bonds is 10. The van der Waals surface area contributed by atoms with Gasteiger partial charge in [0.1, 0.15) is 11.8 Å². The summed E-state index contributed by atoms with van der Waals surface area (Å²) in [6, 6.07) is 11.0. The molecule has 2 aromatic carbocycles. The average molecular weight is 548 g/mol. The van der Waals surface area contributed by atoms with E-state index in [2.05, 4.69) is 21.2 Å². The summed E-state index contributed by atoms with van der Waals surface area (Å²) in [6.45, 7) is 1.60. The zero-order chi connectivity index (χ0) is 25.4. The molecule has 1 saturated carbocycles. The molecule has 1 fully saturated rings. The number of carbonyl (C=O) groups is 2. The summed E-state index contributed by atoms with van der Waals surface area (Å²) in [5.41, 5.74) is 0.664. The lowest BCUT2D eigenvalue weighted by Crippen LogP contribution is -2.51. The first-order valence-corrected chi connectivity index (χ1v) is 12.4. The molecular weight excluding hydrogens is 518 g/mol. The highest BCUT2D eigenvalue weighted by Gasteiger charge is 2.28. The van der Waals surface area contributed by atoms with Crippen molar-refractivity contribution in [3.8, 4) is 11.5 Å². The molecule has 0 heterocycles. The summed E-state index contributed by atoms with van der Waals surface area (Å²) >= 11 is 3.44. The Morgan fingerprint density at radius 1 is 1.20 bits per heavy atom. The average Bonchev–Trinajstić information content (AvgIpc) is 2.85. The highest BCUT2D eigenvalue weighted by molar-refractivity contribution is 9.10. The van der Waals surface area contributed by atoms with E-state index in [0.717, 1.165) is 35.7 Å². The number of ether oxygens (including phenoxy) is 2. The van der Waals surface area contributed by atoms with Crippen molar-refractivity contribution in [1.29, 1.82) is 0 Å². The summed E-state index contributed by atoms with van der Waals surface area (Å²) < 4.78 is 11.6. The van der Waals surface area contributed by atoms with E-state index in [1.54, 1.807) is 6.92 Å². The molecule has 2 aromatic rings. The Kier molecular flexibility index (Phi) is 9.47. The second kappa shape index (κ2) is 12.5. The van der Waals surface area contributed by atoms with Gasteiger partial charge in [-0.25, -0.2) is 0 Å². The van der Waals surface area contributed by atoms with Crippen molar-refractivity contribution in [2.75, 3.05) is 13.7 Å². The van der Waals surface area contributed by atoms with Crippen LogP contribution in [-0.2, 0) is 16.1 Å². The van der Waals surface area contributed by atoms with Crippen molar-refractivity contribution in [1.82, 2.24) is 10.2 Å². The molecular formula is C25H30BrN3O6. The normalized spacial score (nSPS) is 14.6. The van der Waals surface area contributed by atoms with Crippen molar-refractivity contribution >= 4 is 33.4 Å². The van der Waals surface area contributed by atoms with Gasteiger partial charge in [0.15, 0.2) is 6.61 Å². The zero-order valence-electron chi connectivity index (χ0n) is 19.9. The lowest BCUT2D eigenvalue weighted by Gasteiger charge is -2.31. The monoisotopic (exact) mass is 547 g/mol. The summed E-state index contributed by atoms with van der Waals surface area (Å²) in [5, 5.41) is 14.2. The molecule has 0 radical (unpaired) electrons. The number of nitrogens with one attached hydrogen (secondary N) is 1. The maximum Gasteiger partial charge on any atom is 0.311 e. The van der Waals surface area contributed by atoms with Crippen LogP contribution in [0.4, 0.5) is 5.69 Å². The quantitative estimate of drug-likeness (QED) is 0.343. The van der Waals surface area contributed by atoms with Gasteiger partial charge >= 0.3 is 5.69 Å². The number of halogens is 1. The molecule has 9 nitrogen and oxygen atoms in total. The van der Waals surface area contributed by atoms with Crippen LogP contribution in [0.2, 0.25) is 0 Å². The molecule has 2 amide bonds. The van der Waals surface area contributed by atoms with Gasteiger partial charge in [-0.15, -0.1) is 0 Å². The van der Waals surface area contributed by atoms with Crippen molar-refractivity contribution in [2.45, 2.75) is 57.7 Å². The number of amides is 2. The molecule has 188 valence electrons. The number of hydrogen-bond acceptors (Lipinski definition) is 6. The highest BCUT2D eigenvalue weighted by Crippen LogP contribution is 2.30. The van der Waals surface area contributed by atoms with Gasteiger partial charge in [-0.2, -0.15) is 0 Å². The minimum atomic E-state index is -0.710. The van der Waals surface area contributed by atoms with Gasteiger partial charge in [0.05, 0.1) is 12.0 Å². The molecule has 0 saturated heterocycles. The zero-order valence-corrected chi connectivity index (χ0v) is 21.5. The second-order valence-electron chi connectivity index (χ2n) is 8.55. The molecule has 0 spiro atoms. The summed E-state index contributed by atoms with van der Waals surface area (Å²) in [7, 11) is 1.32. The molecule has 1 unspecified atom stereocenters. The van der Waals surface area contributed by atoms with Gasteiger partial charge in [0.25, 0.3) is 5.91 Å². The number of nitrogens with zero attached hydrogens (tertiary/aromatic N) is 2. The Morgan fingerprint density at radius 2 is 1.94 bits per heavy atom. The van der Waals surface area contributed by atoms with Crippen LogP contribution in [-0.4, -0.2) is 47.4 Å². The molecule has 1 aliphatic rings. The number of methoxy groups -OCH3 is 1. The number of benzene rings is 2. The molecule has 0 aromatic heterocycles. The van der Waals surface area contributed by atoms with Gasteiger partial charge in [-0.3, -0.25) is 19.7 Å². The van der Waals surface area contributed by atoms with Crippen LogP contribution in [0.15, 0.2) is 46.9 Å². The summed E-state index contributed by atoms with van der Waals surface area (Å²) in [4.78, 5) is 38.3. The van der Waals surface area contributed by atoms with Crippen LogP contribution in [0, 0.1) is 10.1 Å². The fourth-order valence-corrected chi connectivity index (χ4v) is 4.56. The SMILES string of the molecule is COc1cc(OCC(=O)N(Cc2cccc(Br)c2)C(C)C(=O)NC2CCCCC2)ccc1[N+](=O)[O-]. The maximum absolute atomic E-state index is 13.2. The minimum absolute atomic E-state index is 0.0335. The molecule has 3 rings (SSSR count). The fourth-order valence-electron chi connectivity index (χ4n) is 4.11. The van der Waals surface area contributed by atoms with Gasteiger partial charge in [-0.05, 0) is 43.5 Å². The van der Waals surface area contributed by atoms with Crippen LogP contribution >= 0.6 is 15.9 Å². The highest BCUT2D eigenvalue weighted by atomic mass is 79.9. The van der Waals surface area contributed by atoms with Crippen LogP contribution in [0.5, 0.6) is 11.5 Å². The van der Waals surface area contributed by atoms with Gasteiger partial charge < -0.3 is 19.7 Å². The van der Waals surface area contributed by atoms with E-state index < -0.39 is 11.0 Å². The van der Waals surface area contributed by atoms with E-state index in [1.165, 1.54) is 36.6 Å². The summed E-state index contributed by atoms with van der Waals surface area (Å²) in [5.74, 6) is -0.292. The third-order valence-corrected chi connectivity index (χ3v) is 6.56. The minimum Gasteiger partial charge on any atom is -0.490 e. The van der Waals surface area contributed by atoms with E-state index in [9.17, 15) is 19.7 Å². The first kappa shape index (κ1) is 26.5. The largest absolute Gasteiger partial charge is 0.490 e. The maximum atomic E-state index is 13.2. The van der Waals surface area contributed by atoms with Crippen molar-refractivity contribution in [2.24, 2.45) is 0 Å². The van der Waals surface area contributed by atoms with E-state index in [4.69, 9.17) is 9.47 Å². The molecule has 0 bridgehead atoms. The first-order chi connectivity index (χ1) is 16.8. The second-order valence-corrected chi connectivity index (χ2v) is 9.47. The number of hydrogen-bond donors (Lipinski definition) is 1. The van der Waals surface area contributed by atoms with Crippen molar-refractivity contribution in [3.63, 3.8) is 0 Å². The van der Waals surface area contributed by atoms with Crippen LogP contribution < -0.4 is 14.8 Å². The van der Waals surface area contributed by atoms with E-state index in [0.29, 0.717) is 0 Å². The first-order valence-electron chi connectivity index (χ1n) is 11.6. The third kappa shape index (κ3) is 7.42. The molecule has 10 heteroatoms. The van der Waals surface area contributed by atoms with Gasteiger partial charge in [0, 0.05) is 29.2 Å². The fraction of sp³-hybridized carbons (Fsp3) is 0.440. The standard InChI is InChI=1S/C25H30BrN3O6/c1-17(25(31)27-20-9-4-3-5-10-20)28(15-18-7-6-8-19(26)13-18)24(30)16-35-21-11-12-22(29(32)33)23(14-21)34-2/h6-8,11-14,17,20H,3-5,9-10,15-16H2,1-2H3,(H,27,31). The van der Waals surface area contributed by atoms with Crippen LogP contribution in [0.25, 0.3) is 0 Å². The number of carbonyl (C=O) groups excluding carboxylic acids is 2. The van der Waals surface area contributed by atoms with E-state index in [-0.39, 0.29) is 48.2 Å². The third-order valence-electron chi connectivity index (χ3n) is 6.07. The lowest BCUT2D eigenvalue weighted by molar-refractivity contribution is -0.385. The Labute approximate surface area is 213 Å².